The van der Waals surface area contributed by atoms with E-state index in [0.717, 1.165) is 0 Å². The second-order valence-corrected chi connectivity index (χ2v) is 4.76. The number of para-hydroxylation sites is 1. The Balaban J connectivity index is 2.65. The number of halogens is 1. The summed E-state index contributed by atoms with van der Waals surface area (Å²) in [5.74, 6) is 0.489. The second kappa shape index (κ2) is 4.67. The highest BCUT2D eigenvalue weighted by Gasteiger charge is 2.29. The van der Waals surface area contributed by atoms with E-state index in [1.54, 1.807) is 12.1 Å². The monoisotopic (exact) mass is 226 g/mol. The first-order valence-electron chi connectivity index (χ1n) is 4.81. The maximum atomic E-state index is 11.7. The number of rotatable bonds is 3. The molecule has 82 valence electrons. The Hall–Kier alpha value is -1.02. The number of hydrogen-bond acceptors (Lipinski definition) is 2. The van der Waals surface area contributed by atoms with Gasteiger partial charge in [-0.1, -0.05) is 50.6 Å². The van der Waals surface area contributed by atoms with Crippen molar-refractivity contribution < 1.29 is 9.53 Å². The van der Waals surface area contributed by atoms with Gasteiger partial charge in [0, 0.05) is 5.41 Å². The minimum absolute atomic E-state index is 0.118. The minimum Gasteiger partial charge on any atom is -0.467 e. The molecule has 0 aliphatic rings. The van der Waals surface area contributed by atoms with E-state index < -0.39 is 11.0 Å². The molecule has 1 atom stereocenters. The first kappa shape index (κ1) is 12.1. The maximum Gasteiger partial charge on any atom is 0.230 e. The third-order valence-electron chi connectivity index (χ3n) is 1.93. The van der Waals surface area contributed by atoms with Gasteiger partial charge in [0.05, 0.1) is 0 Å². The fourth-order valence-corrected chi connectivity index (χ4v) is 1.44. The van der Waals surface area contributed by atoms with E-state index in [1.165, 1.54) is 0 Å². The Morgan fingerprint density at radius 3 is 2.27 bits per heavy atom. The van der Waals surface area contributed by atoms with Crippen LogP contribution < -0.4 is 4.74 Å². The molecule has 0 radical (unpaired) electrons. The molecule has 15 heavy (non-hydrogen) atoms. The van der Waals surface area contributed by atoms with Gasteiger partial charge in [-0.3, -0.25) is 4.79 Å². The molecule has 0 heterocycles. The van der Waals surface area contributed by atoms with Crippen LogP contribution in [0.2, 0.25) is 0 Å². The van der Waals surface area contributed by atoms with Gasteiger partial charge in [-0.15, -0.1) is 0 Å². The number of alkyl halides is 1. The topological polar surface area (TPSA) is 26.3 Å². The average Bonchev–Trinajstić information content (AvgIpc) is 2.16. The molecule has 0 amide bonds. The lowest BCUT2D eigenvalue weighted by atomic mass is 9.91. The van der Waals surface area contributed by atoms with Crippen molar-refractivity contribution in [3.8, 4) is 5.75 Å². The largest absolute Gasteiger partial charge is 0.467 e. The molecule has 0 aliphatic carbocycles. The predicted octanol–water partition coefficient (Wildman–Crippen LogP) is 3.25. The highest BCUT2D eigenvalue weighted by atomic mass is 35.5. The van der Waals surface area contributed by atoms with E-state index in [0.29, 0.717) is 5.75 Å². The summed E-state index contributed by atoms with van der Waals surface area (Å²) in [6.07, 6.45) is 0. The smallest absolute Gasteiger partial charge is 0.230 e. The fraction of sp³-hybridized carbons (Fsp3) is 0.417. The zero-order valence-electron chi connectivity index (χ0n) is 9.16. The van der Waals surface area contributed by atoms with Crippen LogP contribution in [0.1, 0.15) is 20.8 Å². The molecule has 1 aromatic carbocycles. The summed E-state index contributed by atoms with van der Waals surface area (Å²) in [6.45, 7) is 5.46. The van der Waals surface area contributed by atoms with Crippen LogP contribution in [0, 0.1) is 5.41 Å². The fourth-order valence-electron chi connectivity index (χ4n) is 1.01. The van der Waals surface area contributed by atoms with Gasteiger partial charge < -0.3 is 4.74 Å². The molecule has 0 aliphatic heterocycles. The van der Waals surface area contributed by atoms with Crippen LogP contribution in [0.3, 0.4) is 0 Å². The molecule has 0 spiro atoms. The maximum absolute atomic E-state index is 11.7. The number of carbonyl (C=O) groups is 1. The van der Waals surface area contributed by atoms with Crippen LogP contribution in [-0.4, -0.2) is 11.3 Å². The quantitative estimate of drug-likeness (QED) is 0.740. The molecule has 0 bridgehead atoms. The van der Waals surface area contributed by atoms with Gasteiger partial charge in [-0.2, -0.15) is 0 Å². The molecule has 3 heteroatoms. The van der Waals surface area contributed by atoms with E-state index in [2.05, 4.69) is 0 Å². The van der Waals surface area contributed by atoms with Crippen molar-refractivity contribution in [1.29, 1.82) is 0 Å². The number of carbonyl (C=O) groups excluding carboxylic acids is 1. The van der Waals surface area contributed by atoms with Crippen molar-refractivity contribution in [2.75, 3.05) is 0 Å². The third-order valence-corrected chi connectivity index (χ3v) is 2.22. The SMILES string of the molecule is CC(C)(C)C(=O)C(Cl)Oc1ccccc1. The molecule has 0 N–H and O–H groups in total. The number of ketones is 1. The van der Waals surface area contributed by atoms with Gasteiger partial charge in [0.25, 0.3) is 0 Å². The Kier molecular flexibility index (Phi) is 3.75. The summed E-state index contributed by atoms with van der Waals surface area (Å²) in [4.78, 5) is 11.7. The first-order valence-corrected chi connectivity index (χ1v) is 5.25. The van der Waals surface area contributed by atoms with Crippen molar-refractivity contribution in [3.05, 3.63) is 30.3 Å². The molecule has 1 unspecified atom stereocenters. The van der Waals surface area contributed by atoms with Crippen LogP contribution >= 0.6 is 11.6 Å². The molecule has 0 saturated carbocycles. The first-order chi connectivity index (χ1) is 6.91. The zero-order chi connectivity index (χ0) is 11.5. The van der Waals surface area contributed by atoms with Crippen LogP contribution in [0.5, 0.6) is 5.75 Å². The van der Waals surface area contributed by atoms with E-state index >= 15 is 0 Å². The third kappa shape index (κ3) is 3.56. The van der Waals surface area contributed by atoms with Crippen LogP contribution in [0.4, 0.5) is 0 Å². The van der Waals surface area contributed by atoms with E-state index in [4.69, 9.17) is 16.3 Å². The molecular formula is C12H15ClO2. The van der Waals surface area contributed by atoms with Gasteiger partial charge in [0.2, 0.25) is 5.56 Å². The lowest BCUT2D eigenvalue weighted by Crippen LogP contribution is -2.32. The Labute approximate surface area is 95.2 Å². The van der Waals surface area contributed by atoms with Gasteiger partial charge in [0.1, 0.15) is 5.75 Å². The lowest BCUT2D eigenvalue weighted by Gasteiger charge is -2.20. The van der Waals surface area contributed by atoms with Crippen molar-refractivity contribution in [2.24, 2.45) is 5.41 Å². The Bertz CT molecular complexity index is 327. The van der Waals surface area contributed by atoms with Crippen LogP contribution in [0.25, 0.3) is 0 Å². The van der Waals surface area contributed by atoms with Gasteiger partial charge in [0.15, 0.2) is 5.78 Å². The summed E-state index contributed by atoms with van der Waals surface area (Å²) < 4.78 is 5.32. The van der Waals surface area contributed by atoms with Crippen molar-refractivity contribution >= 4 is 17.4 Å². The summed E-state index contributed by atoms with van der Waals surface area (Å²) in [6, 6.07) is 9.08. The summed E-state index contributed by atoms with van der Waals surface area (Å²) in [7, 11) is 0. The van der Waals surface area contributed by atoms with Crippen LogP contribution in [-0.2, 0) is 4.79 Å². The van der Waals surface area contributed by atoms with E-state index in [9.17, 15) is 4.79 Å². The van der Waals surface area contributed by atoms with Crippen molar-refractivity contribution in [3.63, 3.8) is 0 Å². The van der Waals surface area contributed by atoms with Crippen molar-refractivity contribution in [1.82, 2.24) is 0 Å². The Morgan fingerprint density at radius 1 is 1.27 bits per heavy atom. The van der Waals surface area contributed by atoms with Crippen molar-refractivity contribution in [2.45, 2.75) is 26.3 Å². The molecular weight excluding hydrogens is 212 g/mol. The number of ether oxygens (including phenoxy) is 1. The molecule has 0 aromatic heterocycles. The highest BCUT2D eigenvalue weighted by Crippen LogP contribution is 2.22. The molecule has 2 nitrogen and oxygen atoms in total. The molecule has 0 saturated heterocycles. The zero-order valence-corrected chi connectivity index (χ0v) is 9.91. The summed E-state index contributed by atoms with van der Waals surface area (Å²) in [5.41, 5.74) is -1.41. The van der Waals surface area contributed by atoms with Gasteiger partial charge in [-0.05, 0) is 12.1 Å². The summed E-state index contributed by atoms with van der Waals surface area (Å²) >= 11 is 5.88. The van der Waals surface area contributed by atoms with Gasteiger partial charge >= 0.3 is 0 Å². The molecule has 0 fully saturated rings. The van der Waals surface area contributed by atoms with E-state index in [-0.39, 0.29) is 5.78 Å². The predicted molar refractivity (Wildman–Crippen MR) is 61.2 cm³/mol. The average molecular weight is 227 g/mol. The lowest BCUT2D eigenvalue weighted by molar-refractivity contribution is -0.130. The number of hydrogen-bond donors (Lipinski definition) is 0. The second-order valence-electron chi connectivity index (χ2n) is 4.36. The minimum atomic E-state index is -0.924. The van der Waals surface area contributed by atoms with Gasteiger partial charge in [-0.25, -0.2) is 0 Å². The number of benzene rings is 1. The molecule has 1 aromatic rings. The van der Waals surface area contributed by atoms with E-state index in [1.807, 2.05) is 39.0 Å². The Morgan fingerprint density at radius 2 is 1.80 bits per heavy atom. The van der Waals surface area contributed by atoms with Crippen LogP contribution in [0.15, 0.2) is 30.3 Å². The standard InChI is InChI=1S/C12H15ClO2/c1-12(2,3)10(14)11(13)15-9-7-5-4-6-8-9/h4-8,11H,1-3H3. The normalized spacial score (nSPS) is 13.3. The molecule has 1 rings (SSSR count). The highest BCUT2D eigenvalue weighted by molar-refractivity contribution is 6.30. The summed E-state index contributed by atoms with van der Waals surface area (Å²) in [5, 5.41) is 0. The number of Topliss-reactive ketones (excluding diaryl/α,β-unsaturated/α-hetero) is 1.